The molecule has 3 rings (SSSR count). The van der Waals surface area contributed by atoms with Crippen molar-refractivity contribution in [2.24, 2.45) is 5.41 Å². The summed E-state index contributed by atoms with van der Waals surface area (Å²) in [6.45, 7) is 11.3. The molecule has 0 radical (unpaired) electrons. The topological polar surface area (TPSA) is 52.7 Å². The molecule has 1 fully saturated rings. The largest absolute Gasteiger partial charge is 0.344 e. The fraction of sp³-hybridized carbons (Fsp3) is 0.478. The van der Waals surface area contributed by atoms with E-state index >= 15 is 0 Å². The predicted octanol–water partition coefficient (Wildman–Crippen LogP) is 3.03. The van der Waals surface area contributed by atoms with Crippen molar-refractivity contribution in [3.63, 3.8) is 0 Å². The summed E-state index contributed by atoms with van der Waals surface area (Å²) in [6.07, 6.45) is 0. The van der Waals surface area contributed by atoms with Crippen LogP contribution in [0.4, 0.5) is 0 Å². The molecule has 0 spiro atoms. The van der Waals surface area contributed by atoms with Crippen molar-refractivity contribution in [2.75, 3.05) is 26.2 Å². The van der Waals surface area contributed by atoms with E-state index in [1.54, 1.807) is 6.92 Å². The molecule has 1 atom stereocenters. The van der Waals surface area contributed by atoms with Crippen LogP contribution in [0.2, 0.25) is 0 Å². The number of amides is 2. The Balaban J connectivity index is 1.55. The summed E-state index contributed by atoms with van der Waals surface area (Å²) < 4.78 is 0. The normalized spacial score (nSPS) is 16.8. The molecule has 28 heavy (non-hydrogen) atoms. The molecule has 5 nitrogen and oxygen atoms in total. The molecule has 0 aromatic heterocycles. The SMILES string of the molecule is CC(NC(=O)C(C)(C)C)C(=O)N1CCN(Cc2cccc3ccccc23)CC1. The van der Waals surface area contributed by atoms with E-state index in [4.69, 9.17) is 0 Å². The number of benzene rings is 2. The summed E-state index contributed by atoms with van der Waals surface area (Å²) in [6, 6.07) is 14.4. The quantitative estimate of drug-likeness (QED) is 0.886. The van der Waals surface area contributed by atoms with Crippen LogP contribution >= 0.6 is 0 Å². The van der Waals surface area contributed by atoms with Gasteiger partial charge in [-0.3, -0.25) is 14.5 Å². The molecule has 0 saturated carbocycles. The maximum absolute atomic E-state index is 12.7. The van der Waals surface area contributed by atoms with Gasteiger partial charge >= 0.3 is 0 Å². The Hall–Kier alpha value is -2.40. The Morgan fingerprint density at radius 1 is 1.00 bits per heavy atom. The lowest BCUT2D eigenvalue weighted by Gasteiger charge is -2.36. The standard InChI is InChI=1S/C23H31N3O2/c1-17(24-22(28)23(2,3)4)21(27)26-14-12-25(13-15-26)16-19-10-7-9-18-8-5-6-11-20(18)19/h5-11,17H,12-16H2,1-4H3,(H,24,28). The highest BCUT2D eigenvalue weighted by molar-refractivity contribution is 5.89. The first-order chi connectivity index (χ1) is 13.3. The first kappa shape index (κ1) is 20.3. The Bertz CT molecular complexity index is 843. The summed E-state index contributed by atoms with van der Waals surface area (Å²) >= 11 is 0. The average Bonchev–Trinajstić information content (AvgIpc) is 2.67. The lowest BCUT2D eigenvalue weighted by molar-refractivity contribution is -0.139. The minimum absolute atomic E-state index is 0.00223. The van der Waals surface area contributed by atoms with Gasteiger partial charge in [-0.05, 0) is 23.3 Å². The smallest absolute Gasteiger partial charge is 0.244 e. The molecular formula is C23H31N3O2. The van der Waals surface area contributed by atoms with Gasteiger partial charge in [-0.15, -0.1) is 0 Å². The number of rotatable bonds is 4. The maximum atomic E-state index is 12.7. The number of hydrogen-bond acceptors (Lipinski definition) is 3. The first-order valence-electron chi connectivity index (χ1n) is 10.0. The Labute approximate surface area is 167 Å². The molecule has 150 valence electrons. The summed E-state index contributed by atoms with van der Waals surface area (Å²) in [5.74, 6) is -0.0923. The van der Waals surface area contributed by atoms with Crippen LogP contribution in [0.5, 0.6) is 0 Å². The fourth-order valence-corrected chi connectivity index (χ4v) is 3.55. The van der Waals surface area contributed by atoms with Gasteiger partial charge in [0.1, 0.15) is 6.04 Å². The predicted molar refractivity (Wildman–Crippen MR) is 113 cm³/mol. The van der Waals surface area contributed by atoms with Gasteiger partial charge in [0.05, 0.1) is 0 Å². The number of nitrogens with zero attached hydrogens (tertiary/aromatic N) is 2. The average molecular weight is 382 g/mol. The third kappa shape index (κ3) is 4.71. The van der Waals surface area contributed by atoms with Crippen LogP contribution in [-0.2, 0) is 16.1 Å². The van der Waals surface area contributed by atoms with E-state index in [9.17, 15) is 9.59 Å². The van der Waals surface area contributed by atoms with Gasteiger partial charge in [0.25, 0.3) is 0 Å². The number of fused-ring (bicyclic) bond motifs is 1. The molecular weight excluding hydrogens is 350 g/mol. The van der Waals surface area contributed by atoms with E-state index < -0.39 is 11.5 Å². The number of piperazine rings is 1. The number of carbonyl (C=O) groups excluding carboxylic acids is 2. The van der Waals surface area contributed by atoms with Crippen molar-refractivity contribution in [3.05, 3.63) is 48.0 Å². The molecule has 2 aromatic rings. The highest BCUT2D eigenvalue weighted by atomic mass is 16.2. The van der Waals surface area contributed by atoms with Crippen LogP contribution < -0.4 is 5.32 Å². The third-order valence-corrected chi connectivity index (χ3v) is 5.36. The van der Waals surface area contributed by atoms with Gasteiger partial charge < -0.3 is 10.2 Å². The molecule has 1 heterocycles. The molecule has 1 unspecified atom stereocenters. The highest BCUT2D eigenvalue weighted by Crippen LogP contribution is 2.20. The molecule has 1 N–H and O–H groups in total. The third-order valence-electron chi connectivity index (χ3n) is 5.36. The number of hydrogen-bond donors (Lipinski definition) is 1. The van der Waals surface area contributed by atoms with Crippen molar-refractivity contribution >= 4 is 22.6 Å². The molecule has 5 heteroatoms. The van der Waals surface area contributed by atoms with Crippen LogP contribution in [0.1, 0.15) is 33.3 Å². The van der Waals surface area contributed by atoms with Gasteiger partial charge in [0, 0.05) is 38.1 Å². The van der Waals surface area contributed by atoms with Gasteiger partial charge in [0.15, 0.2) is 0 Å². The molecule has 1 aliphatic heterocycles. The first-order valence-corrected chi connectivity index (χ1v) is 10.0. The van der Waals surface area contributed by atoms with Gasteiger partial charge in [-0.25, -0.2) is 0 Å². The van der Waals surface area contributed by atoms with Crippen molar-refractivity contribution in [3.8, 4) is 0 Å². The molecule has 1 saturated heterocycles. The van der Waals surface area contributed by atoms with E-state index in [-0.39, 0.29) is 11.8 Å². The van der Waals surface area contributed by atoms with Crippen LogP contribution in [0, 0.1) is 5.41 Å². The molecule has 2 amide bonds. The zero-order valence-electron chi connectivity index (χ0n) is 17.4. The monoisotopic (exact) mass is 381 g/mol. The van der Waals surface area contributed by atoms with E-state index in [1.165, 1.54) is 16.3 Å². The van der Waals surface area contributed by atoms with Gasteiger partial charge in [-0.2, -0.15) is 0 Å². The Morgan fingerprint density at radius 3 is 2.32 bits per heavy atom. The second kappa shape index (κ2) is 8.31. The van der Waals surface area contributed by atoms with Crippen LogP contribution in [-0.4, -0.2) is 53.8 Å². The molecule has 0 aliphatic carbocycles. The zero-order valence-corrected chi connectivity index (χ0v) is 17.4. The minimum Gasteiger partial charge on any atom is -0.344 e. The second-order valence-electron chi connectivity index (χ2n) is 8.68. The van der Waals surface area contributed by atoms with E-state index in [2.05, 4.69) is 52.7 Å². The number of nitrogens with one attached hydrogen (secondary N) is 1. The van der Waals surface area contributed by atoms with E-state index in [0.717, 1.165) is 19.6 Å². The van der Waals surface area contributed by atoms with Crippen LogP contribution in [0.3, 0.4) is 0 Å². The van der Waals surface area contributed by atoms with Crippen LogP contribution in [0.25, 0.3) is 10.8 Å². The maximum Gasteiger partial charge on any atom is 0.244 e. The Kier molecular flexibility index (Phi) is 6.04. The van der Waals surface area contributed by atoms with Gasteiger partial charge in [0.2, 0.25) is 11.8 Å². The van der Waals surface area contributed by atoms with E-state index in [1.807, 2.05) is 25.7 Å². The van der Waals surface area contributed by atoms with Crippen LogP contribution in [0.15, 0.2) is 42.5 Å². The van der Waals surface area contributed by atoms with Gasteiger partial charge in [-0.1, -0.05) is 63.2 Å². The zero-order chi connectivity index (χ0) is 20.3. The number of carbonyl (C=O) groups is 2. The van der Waals surface area contributed by atoms with Crippen molar-refractivity contribution in [1.29, 1.82) is 0 Å². The lowest BCUT2D eigenvalue weighted by atomic mass is 9.95. The summed E-state index contributed by atoms with van der Waals surface area (Å²) in [7, 11) is 0. The Morgan fingerprint density at radius 2 is 1.64 bits per heavy atom. The van der Waals surface area contributed by atoms with Crippen molar-refractivity contribution in [2.45, 2.75) is 40.3 Å². The lowest BCUT2D eigenvalue weighted by Crippen LogP contribution is -2.54. The molecule has 2 aromatic carbocycles. The summed E-state index contributed by atoms with van der Waals surface area (Å²) in [5, 5.41) is 5.40. The van der Waals surface area contributed by atoms with E-state index in [0.29, 0.717) is 13.1 Å². The summed E-state index contributed by atoms with van der Waals surface area (Å²) in [4.78, 5) is 29.1. The molecule has 1 aliphatic rings. The second-order valence-corrected chi connectivity index (χ2v) is 8.68. The van der Waals surface area contributed by atoms with Crippen molar-refractivity contribution in [1.82, 2.24) is 15.1 Å². The van der Waals surface area contributed by atoms with Crippen molar-refractivity contribution < 1.29 is 9.59 Å². The minimum atomic E-state index is -0.494. The summed E-state index contributed by atoms with van der Waals surface area (Å²) in [5.41, 5.74) is 0.829. The molecule has 0 bridgehead atoms. The fourth-order valence-electron chi connectivity index (χ4n) is 3.55. The highest BCUT2D eigenvalue weighted by Gasteiger charge is 2.29.